The van der Waals surface area contributed by atoms with Gasteiger partial charge < -0.3 is 15.0 Å². The summed E-state index contributed by atoms with van der Waals surface area (Å²) in [4.78, 5) is 14.5. The van der Waals surface area contributed by atoms with Gasteiger partial charge >= 0.3 is 6.01 Å². The standard InChI is InChI=1S/C33H37ClFN7O/c1-4-32-10-7-21(39-32)16-41(17-32)30-22-14-24(34)27(26-20(3)19(2)13-25-23(26)15-36-40-25)28(35)29(22)37-31(38-30)43-18-33-8-5-11-42(33)12-6-9-33/h4,13-15,21,39H,1,5-12,16-18H2,2-3H3,(H,36,40). The number of hydrogen-bond donors (Lipinski definition) is 2. The monoisotopic (exact) mass is 601 g/mol. The Morgan fingerprint density at radius 2 is 1.95 bits per heavy atom. The smallest absolute Gasteiger partial charge is 0.319 e. The molecule has 4 saturated heterocycles. The van der Waals surface area contributed by atoms with Crippen molar-refractivity contribution in [2.45, 2.75) is 69.5 Å². The zero-order valence-electron chi connectivity index (χ0n) is 24.8. The van der Waals surface area contributed by atoms with Crippen LogP contribution < -0.4 is 15.0 Å². The molecule has 0 aliphatic carbocycles. The molecule has 2 atom stereocenters. The molecule has 0 radical (unpaired) electrons. The first-order chi connectivity index (χ1) is 20.8. The van der Waals surface area contributed by atoms with Gasteiger partial charge in [-0.15, -0.1) is 6.58 Å². The van der Waals surface area contributed by atoms with Crippen molar-refractivity contribution < 1.29 is 9.13 Å². The molecule has 0 saturated carbocycles. The number of fused-ring (bicyclic) bond motifs is 5. The number of ether oxygens (including phenoxy) is 1. The number of piperazine rings is 1. The van der Waals surface area contributed by atoms with Crippen LogP contribution in [0.15, 0.2) is 31.0 Å². The maximum atomic E-state index is 17.0. The molecule has 0 spiro atoms. The predicted octanol–water partition coefficient (Wildman–Crippen LogP) is 6.09. The Kier molecular flexibility index (Phi) is 6.27. The fourth-order valence-electron chi connectivity index (χ4n) is 8.31. The van der Waals surface area contributed by atoms with Gasteiger partial charge in [0.05, 0.1) is 27.8 Å². The molecule has 8 rings (SSSR count). The molecular formula is C33H37ClFN7O. The number of H-pyrrole nitrogens is 1. The van der Waals surface area contributed by atoms with Crippen molar-refractivity contribution in [2.24, 2.45) is 0 Å². The predicted molar refractivity (Wildman–Crippen MR) is 169 cm³/mol. The second-order valence-electron chi connectivity index (χ2n) is 13.1. The summed E-state index contributed by atoms with van der Waals surface area (Å²) < 4.78 is 23.5. The van der Waals surface area contributed by atoms with Gasteiger partial charge in [0.2, 0.25) is 0 Å². The molecule has 8 nitrogen and oxygen atoms in total. The van der Waals surface area contributed by atoms with Gasteiger partial charge in [-0.1, -0.05) is 17.7 Å². The highest BCUT2D eigenvalue weighted by Gasteiger charge is 2.46. The van der Waals surface area contributed by atoms with E-state index >= 15 is 4.39 Å². The average Bonchev–Trinajstić information content (AvgIpc) is 3.77. The van der Waals surface area contributed by atoms with Gasteiger partial charge in [-0.05, 0) is 88.7 Å². The van der Waals surface area contributed by atoms with E-state index in [2.05, 4.69) is 31.9 Å². The van der Waals surface area contributed by atoms with Gasteiger partial charge in [0.1, 0.15) is 17.9 Å². The first-order valence-corrected chi connectivity index (χ1v) is 15.9. The van der Waals surface area contributed by atoms with Gasteiger partial charge in [0.15, 0.2) is 5.82 Å². The van der Waals surface area contributed by atoms with Crippen LogP contribution in [0.4, 0.5) is 10.2 Å². The Balaban J connectivity index is 1.30. The molecule has 0 amide bonds. The van der Waals surface area contributed by atoms with Crippen molar-refractivity contribution in [1.29, 1.82) is 0 Å². The van der Waals surface area contributed by atoms with Gasteiger partial charge in [-0.2, -0.15) is 15.1 Å². The zero-order chi connectivity index (χ0) is 29.5. The first kappa shape index (κ1) is 27.3. The van der Waals surface area contributed by atoms with Crippen molar-refractivity contribution >= 4 is 39.2 Å². The van der Waals surface area contributed by atoms with E-state index in [1.807, 2.05) is 32.1 Å². The van der Waals surface area contributed by atoms with Crippen LogP contribution in [0.25, 0.3) is 32.9 Å². The number of rotatable bonds is 6. The Morgan fingerprint density at radius 3 is 2.74 bits per heavy atom. The van der Waals surface area contributed by atoms with Gasteiger partial charge in [-0.25, -0.2) is 4.39 Å². The van der Waals surface area contributed by atoms with Crippen LogP contribution in [0.1, 0.15) is 49.7 Å². The van der Waals surface area contributed by atoms with Crippen molar-refractivity contribution in [3.8, 4) is 17.1 Å². The molecule has 4 aliphatic rings. The third-order valence-corrected chi connectivity index (χ3v) is 11.0. The molecule has 2 N–H and O–H groups in total. The van der Waals surface area contributed by atoms with E-state index in [-0.39, 0.29) is 22.6 Å². The lowest BCUT2D eigenvalue weighted by atomic mass is 9.92. The number of aromatic nitrogens is 4. The highest BCUT2D eigenvalue weighted by molar-refractivity contribution is 6.35. The van der Waals surface area contributed by atoms with E-state index in [0.717, 1.165) is 72.9 Å². The fraction of sp³-hybridized carbons (Fsp3) is 0.485. The van der Waals surface area contributed by atoms with E-state index in [0.29, 0.717) is 41.0 Å². The summed E-state index contributed by atoms with van der Waals surface area (Å²) in [7, 11) is 0. The number of benzene rings is 2. The van der Waals surface area contributed by atoms with Crippen LogP contribution in [-0.2, 0) is 0 Å². The first-order valence-electron chi connectivity index (χ1n) is 15.5. The molecule has 2 bridgehead atoms. The van der Waals surface area contributed by atoms with Crippen LogP contribution in [-0.4, -0.2) is 75.0 Å². The summed E-state index contributed by atoms with van der Waals surface area (Å²) in [6.07, 6.45) is 10.4. The van der Waals surface area contributed by atoms with Crippen molar-refractivity contribution in [2.75, 3.05) is 37.7 Å². The van der Waals surface area contributed by atoms with E-state index in [9.17, 15) is 0 Å². The Bertz CT molecular complexity index is 1780. The molecule has 10 heteroatoms. The Labute approximate surface area is 255 Å². The topological polar surface area (TPSA) is 82.2 Å². The van der Waals surface area contributed by atoms with E-state index in [4.69, 9.17) is 26.3 Å². The second kappa shape index (κ2) is 9.87. The minimum atomic E-state index is -0.467. The summed E-state index contributed by atoms with van der Waals surface area (Å²) in [6, 6.07) is 4.38. The largest absolute Gasteiger partial charge is 0.461 e. The fourth-order valence-corrected chi connectivity index (χ4v) is 8.59. The summed E-state index contributed by atoms with van der Waals surface area (Å²) in [5, 5.41) is 12.7. The molecule has 43 heavy (non-hydrogen) atoms. The maximum absolute atomic E-state index is 17.0. The summed E-state index contributed by atoms with van der Waals surface area (Å²) in [6.45, 7) is 12.3. The molecule has 4 fully saturated rings. The van der Waals surface area contributed by atoms with Crippen molar-refractivity contribution in [1.82, 2.24) is 30.4 Å². The maximum Gasteiger partial charge on any atom is 0.319 e. The van der Waals surface area contributed by atoms with Crippen LogP contribution in [0.2, 0.25) is 5.02 Å². The quantitative estimate of drug-likeness (QED) is 0.259. The van der Waals surface area contributed by atoms with Gasteiger partial charge in [0, 0.05) is 41.0 Å². The average molecular weight is 602 g/mol. The number of nitrogens with zero attached hydrogens (tertiary/aromatic N) is 5. The van der Waals surface area contributed by atoms with Gasteiger partial charge in [-0.3, -0.25) is 10.00 Å². The van der Waals surface area contributed by atoms with Crippen molar-refractivity contribution in [3.63, 3.8) is 0 Å². The number of aryl methyl sites for hydroxylation is 1. The number of hydrogen-bond acceptors (Lipinski definition) is 7. The van der Waals surface area contributed by atoms with E-state index in [1.54, 1.807) is 6.20 Å². The summed E-state index contributed by atoms with van der Waals surface area (Å²) >= 11 is 7.01. The SMILES string of the molecule is C=CC12CCC(CN(c3nc(OCC45CCCN4CCC5)nc4c(F)c(-c5c(C)c(C)cc6[nH]ncc56)c(Cl)cc34)C1)N2. The lowest BCUT2D eigenvalue weighted by molar-refractivity contribution is 0.108. The number of halogens is 2. The Morgan fingerprint density at radius 1 is 1.14 bits per heavy atom. The molecule has 2 aromatic heterocycles. The van der Waals surface area contributed by atoms with E-state index < -0.39 is 5.82 Å². The molecular weight excluding hydrogens is 565 g/mol. The normalized spacial score (nSPS) is 24.7. The van der Waals surface area contributed by atoms with Crippen molar-refractivity contribution in [3.05, 3.63) is 53.0 Å². The highest BCUT2D eigenvalue weighted by Crippen LogP contribution is 2.45. The summed E-state index contributed by atoms with van der Waals surface area (Å²) in [5.41, 5.74) is 3.92. The molecule has 224 valence electrons. The zero-order valence-corrected chi connectivity index (χ0v) is 25.5. The molecule has 6 heterocycles. The Hall–Kier alpha value is -3.27. The number of nitrogens with one attached hydrogen (secondary N) is 2. The number of anilines is 1. The lowest BCUT2D eigenvalue weighted by Crippen LogP contribution is -2.58. The van der Waals surface area contributed by atoms with Crippen LogP contribution >= 0.6 is 11.6 Å². The van der Waals surface area contributed by atoms with Gasteiger partial charge in [0.25, 0.3) is 0 Å². The number of aromatic amines is 1. The highest BCUT2D eigenvalue weighted by atomic mass is 35.5. The van der Waals surface area contributed by atoms with Crippen LogP contribution in [0.5, 0.6) is 6.01 Å². The molecule has 4 aromatic rings. The molecule has 4 aliphatic heterocycles. The summed E-state index contributed by atoms with van der Waals surface area (Å²) in [5.74, 6) is 0.193. The third-order valence-electron chi connectivity index (χ3n) is 10.7. The lowest BCUT2D eigenvalue weighted by Gasteiger charge is -2.40. The van der Waals surface area contributed by atoms with Crippen LogP contribution in [0, 0.1) is 19.7 Å². The molecule has 2 aromatic carbocycles. The van der Waals surface area contributed by atoms with Crippen LogP contribution in [0.3, 0.4) is 0 Å². The second-order valence-corrected chi connectivity index (χ2v) is 13.5. The van der Waals surface area contributed by atoms with E-state index in [1.165, 1.54) is 12.8 Å². The molecule has 2 unspecified atom stereocenters. The minimum absolute atomic E-state index is 0.0226. The minimum Gasteiger partial charge on any atom is -0.461 e. The third kappa shape index (κ3) is 4.19.